The van der Waals surface area contributed by atoms with E-state index < -0.39 is 23.2 Å². The second-order valence-electron chi connectivity index (χ2n) is 8.09. The molecule has 0 spiro atoms. The minimum absolute atomic E-state index is 0.0366. The molecule has 0 unspecified atom stereocenters. The molecule has 3 N–H and O–H groups in total. The molecular weight excluding hydrogens is 442 g/mol. The predicted octanol–water partition coefficient (Wildman–Crippen LogP) is 3.25. The van der Waals surface area contributed by atoms with Gasteiger partial charge in [-0.05, 0) is 25.0 Å². The zero-order valence-electron chi connectivity index (χ0n) is 17.7. The van der Waals surface area contributed by atoms with Gasteiger partial charge in [0.05, 0.1) is 23.6 Å². The van der Waals surface area contributed by atoms with E-state index in [-0.39, 0.29) is 16.9 Å². The Morgan fingerprint density at radius 1 is 1.09 bits per heavy atom. The summed E-state index contributed by atoms with van der Waals surface area (Å²) in [6, 6.07) is 10.2. The second-order valence-corrected chi connectivity index (χ2v) is 8.09. The lowest BCUT2D eigenvalue weighted by molar-refractivity contribution is 0.586. The maximum Gasteiger partial charge on any atom is 0.269 e. The fraction of sp³-hybridized carbons (Fsp3) is 0.174. The van der Waals surface area contributed by atoms with Crippen LogP contribution in [0.25, 0.3) is 27.8 Å². The van der Waals surface area contributed by atoms with E-state index in [1.807, 2.05) is 11.0 Å². The summed E-state index contributed by atoms with van der Waals surface area (Å²) in [4.78, 5) is 36.0. The van der Waals surface area contributed by atoms with E-state index in [9.17, 15) is 13.6 Å². The zero-order chi connectivity index (χ0) is 23.4. The van der Waals surface area contributed by atoms with Gasteiger partial charge < -0.3 is 15.6 Å². The highest BCUT2D eigenvalue weighted by atomic mass is 19.1. The molecule has 1 atom stereocenters. The van der Waals surface area contributed by atoms with Crippen molar-refractivity contribution in [2.45, 2.75) is 18.9 Å². The molecule has 0 amide bonds. The van der Waals surface area contributed by atoms with Crippen molar-refractivity contribution >= 4 is 33.8 Å². The molecule has 5 aromatic rings. The average molecular weight is 460 g/mol. The molecular formula is C23H18F2N8O. The summed E-state index contributed by atoms with van der Waals surface area (Å²) in [5.41, 5.74) is 6.84. The molecule has 0 radical (unpaired) electrons. The molecule has 6 rings (SSSR count). The van der Waals surface area contributed by atoms with E-state index in [0.717, 1.165) is 12.5 Å². The first kappa shape index (κ1) is 20.2. The number of benzene rings is 2. The number of aromatic amines is 1. The van der Waals surface area contributed by atoms with Crippen LogP contribution in [0.5, 0.6) is 0 Å². The van der Waals surface area contributed by atoms with E-state index in [2.05, 4.69) is 24.9 Å². The molecule has 9 nitrogen and oxygen atoms in total. The van der Waals surface area contributed by atoms with Gasteiger partial charge in [-0.15, -0.1) is 0 Å². The van der Waals surface area contributed by atoms with Gasteiger partial charge in [0.2, 0.25) is 5.95 Å². The number of nitrogens with zero attached hydrogens (tertiary/aromatic N) is 6. The maximum atomic E-state index is 14.7. The van der Waals surface area contributed by atoms with E-state index in [0.29, 0.717) is 47.5 Å². The van der Waals surface area contributed by atoms with Crippen LogP contribution < -0.4 is 16.2 Å². The summed E-state index contributed by atoms with van der Waals surface area (Å²) in [6.07, 6.45) is 2.93. The largest absolute Gasteiger partial charge is 0.368 e. The van der Waals surface area contributed by atoms with E-state index in [4.69, 9.17) is 5.73 Å². The highest BCUT2D eigenvalue weighted by Crippen LogP contribution is 2.37. The van der Waals surface area contributed by atoms with Crippen molar-refractivity contribution in [2.75, 3.05) is 17.2 Å². The van der Waals surface area contributed by atoms with E-state index in [1.165, 1.54) is 10.9 Å². The van der Waals surface area contributed by atoms with Gasteiger partial charge in [0.15, 0.2) is 11.5 Å². The van der Waals surface area contributed by atoms with Crippen molar-refractivity contribution < 1.29 is 8.78 Å². The minimum atomic E-state index is -0.949. The summed E-state index contributed by atoms with van der Waals surface area (Å²) >= 11 is 0. The normalized spacial score (nSPS) is 16.1. The number of rotatable bonds is 3. The number of anilines is 2. The summed E-state index contributed by atoms with van der Waals surface area (Å²) < 4.78 is 30.1. The summed E-state index contributed by atoms with van der Waals surface area (Å²) in [5, 5.41) is -0.263. The van der Waals surface area contributed by atoms with Gasteiger partial charge >= 0.3 is 0 Å². The molecule has 34 heavy (non-hydrogen) atoms. The SMILES string of the molecule is Nc1nc(N2CCC[C@H]2c2nc3cc(F)cc(F)c3c(=O)n2-c2ccccc2)c2[nH]cnc2n1. The first-order valence-corrected chi connectivity index (χ1v) is 10.7. The predicted molar refractivity (Wildman–Crippen MR) is 123 cm³/mol. The van der Waals surface area contributed by atoms with Gasteiger partial charge in [0.25, 0.3) is 5.56 Å². The third kappa shape index (κ3) is 3.08. The molecule has 2 aromatic carbocycles. The monoisotopic (exact) mass is 460 g/mol. The molecule has 4 heterocycles. The van der Waals surface area contributed by atoms with Crippen LogP contribution in [0.1, 0.15) is 24.7 Å². The molecule has 0 aliphatic carbocycles. The van der Waals surface area contributed by atoms with Crippen LogP contribution in [0.3, 0.4) is 0 Å². The van der Waals surface area contributed by atoms with E-state index >= 15 is 0 Å². The fourth-order valence-electron chi connectivity index (χ4n) is 4.63. The number of fused-ring (bicyclic) bond motifs is 2. The van der Waals surface area contributed by atoms with Crippen LogP contribution in [0.4, 0.5) is 20.5 Å². The lowest BCUT2D eigenvalue weighted by atomic mass is 10.1. The fourth-order valence-corrected chi connectivity index (χ4v) is 4.63. The Balaban J connectivity index is 1.63. The van der Waals surface area contributed by atoms with Crippen LogP contribution in [-0.4, -0.2) is 36.0 Å². The number of nitrogens with one attached hydrogen (secondary N) is 1. The Labute approximate surface area is 190 Å². The Kier molecular flexibility index (Phi) is 4.51. The quantitative estimate of drug-likeness (QED) is 0.424. The van der Waals surface area contributed by atoms with Gasteiger partial charge in [-0.3, -0.25) is 9.36 Å². The van der Waals surface area contributed by atoms with Gasteiger partial charge in [-0.25, -0.2) is 18.7 Å². The third-order valence-corrected chi connectivity index (χ3v) is 6.04. The number of hydrogen-bond donors (Lipinski definition) is 2. The molecule has 1 aliphatic rings. The molecule has 1 aliphatic heterocycles. The first-order chi connectivity index (χ1) is 16.5. The molecule has 170 valence electrons. The highest BCUT2D eigenvalue weighted by molar-refractivity contribution is 5.85. The van der Waals surface area contributed by atoms with Crippen LogP contribution in [0, 0.1) is 11.6 Å². The number of imidazole rings is 1. The van der Waals surface area contributed by atoms with Crippen molar-refractivity contribution in [2.24, 2.45) is 0 Å². The molecule has 1 fully saturated rings. The highest BCUT2D eigenvalue weighted by Gasteiger charge is 2.34. The van der Waals surface area contributed by atoms with Crippen molar-refractivity contribution in [1.29, 1.82) is 0 Å². The Morgan fingerprint density at radius 3 is 2.74 bits per heavy atom. The standard InChI is InChI=1S/C23H18F2N8O/c24-12-9-14(25)17-15(10-12)29-20(33(22(17)34)13-5-2-1-3-6-13)16-7-4-8-32(16)21-18-19(28-11-27-18)30-23(26)31-21/h1-3,5-6,9-11,16H,4,7-8H2,(H3,26,27,28,30,31)/t16-/m0/s1. The lowest BCUT2D eigenvalue weighted by Gasteiger charge is -2.28. The van der Waals surface area contributed by atoms with Crippen LogP contribution in [0.15, 0.2) is 53.6 Å². The van der Waals surface area contributed by atoms with Crippen molar-refractivity contribution in [1.82, 2.24) is 29.5 Å². The van der Waals surface area contributed by atoms with Gasteiger partial charge in [-0.1, -0.05) is 18.2 Å². The summed E-state index contributed by atoms with van der Waals surface area (Å²) in [5.74, 6) is -0.796. The number of aromatic nitrogens is 6. The number of nitrogens with two attached hydrogens (primary N) is 1. The molecule has 3 aromatic heterocycles. The Hall–Kier alpha value is -4.41. The smallest absolute Gasteiger partial charge is 0.269 e. The first-order valence-electron chi connectivity index (χ1n) is 10.7. The summed E-state index contributed by atoms with van der Waals surface area (Å²) in [6.45, 7) is 0.607. The van der Waals surface area contributed by atoms with Crippen LogP contribution in [-0.2, 0) is 0 Å². The number of halogens is 2. The molecule has 0 saturated carbocycles. The van der Waals surface area contributed by atoms with Crippen molar-refractivity contribution in [3.05, 3.63) is 76.6 Å². The number of nitrogen functional groups attached to an aromatic ring is 1. The zero-order valence-corrected chi connectivity index (χ0v) is 17.7. The molecule has 0 bridgehead atoms. The maximum absolute atomic E-state index is 14.7. The lowest BCUT2D eigenvalue weighted by Crippen LogP contribution is -2.32. The van der Waals surface area contributed by atoms with E-state index in [1.54, 1.807) is 24.3 Å². The van der Waals surface area contributed by atoms with Crippen molar-refractivity contribution in [3.8, 4) is 5.69 Å². The van der Waals surface area contributed by atoms with Gasteiger partial charge in [0.1, 0.15) is 28.4 Å². The number of hydrogen-bond acceptors (Lipinski definition) is 7. The summed E-state index contributed by atoms with van der Waals surface area (Å²) in [7, 11) is 0. The Bertz CT molecular complexity index is 1610. The molecule has 1 saturated heterocycles. The van der Waals surface area contributed by atoms with Gasteiger partial charge in [0, 0.05) is 18.7 Å². The average Bonchev–Trinajstić information content (AvgIpc) is 3.48. The van der Waals surface area contributed by atoms with Crippen molar-refractivity contribution in [3.63, 3.8) is 0 Å². The number of H-pyrrole nitrogens is 1. The van der Waals surface area contributed by atoms with Crippen LogP contribution in [0.2, 0.25) is 0 Å². The van der Waals surface area contributed by atoms with Gasteiger partial charge in [-0.2, -0.15) is 9.97 Å². The molecule has 11 heteroatoms. The minimum Gasteiger partial charge on any atom is -0.368 e. The topological polar surface area (TPSA) is 119 Å². The third-order valence-electron chi connectivity index (χ3n) is 6.04. The Morgan fingerprint density at radius 2 is 1.91 bits per heavy atom. The van der Waals surface area contributed by atoms with Crippen LogP contribution >= 0.6 is 0 Å². The number of para-hydroxylation sites is 1. The second kappa shape index (κ2) is 7.58.